The molecule has 0 fully saturated rings. The molecule has 2 amide bonds. The zero-order valence-electron chi connectivity index (χ0n) is 20.5. The second-order valence-corrected chi connectivity index (χ2v) is 9.92. The van der Waals surface area contributed by atoms with Gasteiger partial charge in [0, 0.05) is 18.7 Å². The van der Waals surface area contributed by atoms with E-state index in [1.165, 1.54) is 0 Å². The Balaban J connectivity index is 1.79. The highest BCUT2D eigenvalue weighted by Crippen LogP contribution is 2.23. The lowest BCUT2D eigenvalue weighted by Crippen LogP contribution is -2.44. The van der Waals surface area contributed by atoms with Crippen LogP contribution in [0.5, 0.6) is 0 Å². The van der Waals surface area contributed by atoms with E-state index in [4.69, 9.17) is 27.6 Å². The molecule has 35 heavy (non-hydrogen) atoms. The molecule has 7 heteroatoms. The van der Waals surface area contributed by atoms with Crippen LogP contribution < -0.4 is 0 Å². The molecule has 0 radical (unpaired) electrons. The Morgan fingerprint density at radius 3 is 2.29 bits per heavy atom. The van der Waals surface area contributed by atoms with Crippen LogP contribution in [0.1, 0.15) is 47.7 Å². The highest BCUT2D eigenvalue weighted by molar-refractivity contribution is 6.42. The number of benzene rings is 2. The van der Waals surface area contributed by atoms with Crippen molar-refractivity contribution in [2.24, 2.45) is 5.92 Å². The van der Waals surface area contributed by atoms with Crippen molar-refractivity contribution in [3.05, 3.63) is 93.4 Å². The number of aryl methyl sites for hydroxylation is 1. The molecule has 0 aliphatic carbocycles. The van der Waals surface area contributed by atoms with Gasteiger partial charge in [0.1, 0.15) is 18.1 Å². The van der Waals surface area contributed by atoms with E-state index in [2.05, 4.69) is 13.8 Å². The number of nitrogens with zero attached hydrogens (tertiary/aromatic N) is 2. The zero-order chi connectivity index (χ0) is 25.4. The fourth-order valence-electron chi connectivity index (χ4n) is 3.70. The molecule has 0 bridgehead atoms. The van der Waals surface area contributed by atoms with Gasteiger partial charge in [-0.25, -0.2) is 0 Å². The minimum absolute atomic E-state index is 0.0275. The van der Waals surface area contributed by atoms with Gasteiger partial charge in [0.25, 0.3) is 5.91 Å². The largest absolute Gasteiger partial charge is 0.464 e. The highest BCUT2D eigenvalue weighted by Gasteiger charge is 2.24. The van der Waals surface area contributed by atoms with Crippen LogP contribution >= 0.6 is 23.2 Å². The molecular formula is C28H32Cl2N2O3. The van der Waals surface area contributed by atoms with Crippen molar-refractivity contribution in [3.63, 3.8) is 0 Å². The first-order chi connectivity index (χ1) is 16.7. The molecule has 1 aromatic heterocycles. The molecule has 0 saturated carbocycles. The summed E-state index contributed by atoms with van der Waals surface area (Å²) < 4.78 is 5.74. The lowest BCUT2D eigenvalue weighted by atomic mass is 10.1. The van der Waals surface area contributed by atoms with Gasteiger partial charge in [-0.1, -0.05) is 67.4 Å². The first-order valence-electron chi connectivity index (χ1n) is 11.8. The molecule has 0 aliphatic heterocycles. The van der Waals surface area contributed by atoms with Crippen molar-refractivity contribution in [2.45, 2.75) is 40.2 Å². The maximum atomic E-state index is 13.5. The summed E-state index contributed by atoms with van der Waals surface area (Å²) in [5.74, 6) is 1.52. The Bertz CT molecular complexity index is 1130. The zero-order valence-corrected chi connectivity index (χ0v) is 22.0. The van der Waals surface area contributed by atoms with Crippen molar-refractivity contribution in [2.75, 3.05) is 19.6 Å². The van der Waals surface area contributed by atoms with Crippen molar-refractivity contribution < 1.29 is 14.0 Å². The van der Waals surface area contributed by atoms with Gasteiger partial charge < -0.3 is 14.2 Å². The van der Waals surface area contributed by atoms with E-state index in [9.17, 15) is 9.59 Å². The maximum absolute atomic E-state index is 13.5. The summed E-state index contributed by atoms with van der Waals surface area (Å²) >= 11 is 12.2. The van der Waals surface area contributed by atoms with Gasteiger partial charge in [-0.3, -0.25) is 9.59 Å². The first-order valence-corrected chi connectivity index (χ1v) is 12.6. The SMILES string of the molecule is Cc1ccc(CN(CCc2ccccc2)C(=O)CN(CCC(C)C)C(=O)c2ccc(Cl)c(Cl)c2)o1. The number of furan rings is 1. The van der Waals surface area contributed by atoms with E-state index in [0.29, 0.717) is 53.3 Å². The second-order valence-electron chi connectivity index (χ2n) is 9.10. The summed E-state index contributed by atoms with van der Waals surface area (Å²) in [7, 11) is 0. The quantitative estimate of drug-likeness (QED) is 0.287. The topological polar surface area (TPSA) is 53.8 Å². The van der Waals surface area contributed by atoms with Crippen molar-refractivity contribution in [1.82, 2.24) is 9.80 Å². The molecular weight excluding hydrogens is 483 g/mol. The third kappa shape index (κ3) is 8.15. The Labute approximate surface area is 217 Å². The van der Waals surface area contributed by atoms with Gasteiger partial charge >= 0.3 is 0 Å². The van der Waals surface area contributed by atoms with E-state index >= 15 is 0 Å². The summed E-state index contributed by atoms with van der Waals surface area (Å²) in [5, 5.41) is 0.694. The molecule has 0 N–H and O–H groups in total. The Kier molecular flexibility index (Phi) is 9.82. The third-order valence-electron chi connectivity index (χ3n) is 5.76. The van der Waals surface area contributed by atoms with Crippen molar-refractivity contribution >= 4 is 35.0 Å². The fourth-order valence-corrected chi connectivity index (χ4v) is 4.00. The average molecular weight is 515 g/mol. The predicted molar refractivity (Wildman–Crippen MR) is 141 cm³/mol. The molecule has 0 spiro atoms. The molecule has 0 unspecified atom stereocenters. The monoisotopic (exact) mass is 514 g/mol. The molecule has 3 aromatic rings. The Morgan fingerprint density at radius 2 is 1.66 bits per heavy atom. The van der Waals surface area contributed by atoms with Gasteiger partial charge in [0.05, 0.1) is 16.6 Å². The van der Waals surface area contributed by atoms with Gasteiger partial charge in [0.15, 0.2) is 0 Å². The second kappa shape index (κ2) is 12.8. The van der Waals surface area contributed by atoms with Crippen LogP contribution in [0.2, 0.25) is 10.0 Å². The maximum Gasteiger partial charge on any atom is 0.254 e. The van der Waals surface area contributed by atoms with Crippen molar-refractivity contribution in [3.8, 4) is 0 Å². The number of carbonyl (C=O) groups is 2. The molecule has 0 saturated heterocycles. The highest BCUT2D eigenvalue weighted by atomic mass is 35.5. The molecule has 186 valence electrons. The standard InChI is InChI=1S/C28H32Cl2N2O3/c1-20(2)13-15-32(28(34)23-10-12-25(29)26(30)17-23)19-27(33)31(18-24-11-9-21(3)35-24)16-14-22-7-5-4-6-8-22/h4-12,17,20H,13-16,18-19H2,1-3H3. The number of rotatable bonds is 11. The number of carbonyl (C=O) groups excluding carboxylic acids is 2. The van der Waals surface area contributed by atoms with Crippen molar-refractivity contribution in [1.29, 1.82) is 0 Å². The summed E-state index contributed by atoms with van der Waals surface area (Å²) in [4.78, 5) is 30.2. The van der Waals surface area contributed by atoms with Gasteiger partial charge in [0.2, 0.25) is 5.91 Å². The Hall–Kier alpha value is -2.76. The number of hydrogen-bond acceptors (Lipinski definition) is 3. The molecule has 0 atom stereocenters. The first kappa shape index (κ1) is 26.8. The minimum Gasteiger partial charge on any atom is -0.464 e. The number of amides is 2. The lowest BCUT2D eigenvalue weighted by molar-refractivity contribution is -0.132. The fraction of sp³-hybridized carbons (Fsp3) is 0.357. The smallest absolute Gasteiger partial charge is 0.254 e. The normalized spacial score (nSPS) is 11.0. The molecule has 2 aromatic carbocycles. The van der Waals surface area contributed by atoms with Crippen LogP contribution in [0.15, 0.2) is 65.1 Å². The average Bonchev–Trinajstić information content (AvgIpc) is 3.25. The van der Waals surface area contributed by atoms with Gasteiger partial charge in [-0.05, 0) is 61.6 Å². The third-order valence-corrected chi connectivity index (χ3v) is 6.50. The Morgan fingerprint density at radius 1 is 0.914 bits per heavy atom. The van der Waals surface area contributed by atoms with Crippen LogP contribution in [0, 0.1) is 12.8 Å². The summed E-state index contributed by atoms with van der Waals surface area (Å²) in [6.07, 6.45) is 1.49. The van der Waals surface area contributed by atoms with E-state index in [0.717, 1.165) is 17.7 Å². The molecule has 3 rings (SSSR count). The molecule has 1 heterocycles. The number of halogens is 2. The lowest BCUT2D eigenvalue weighted by Gasteiger charge is -2.28. The van der Waals surface area contributed by atoms with Crippen LogP contribution in [0.4, 0.5) is 0 Å². The summed E-state index contributed by atoms with van der Waals surface area (Å²) in [6, 6.07) is 18.6. The summed E-state index contributed by atoms with van der Waals surface area (Å²) in [5.41, 5.74) is 1.55. The van der Waals surface area contributed by atoms with Crippen LogP contribution in [0.3, 0.4) is 0 Å². The minimum atomic E-state index is -0.241. The van der Waals surface area contributed by atoms with Gasteiger partial charge in [-0.15, -0.1) is 0 Å². The summed E-state index contributed by atoms with van der Waals surface area (Å²) in [6.45, 7) is 7.36. The van der Waals surface area contributed by atoms with Gasteiger partial charge in [-0.2, -0.15) is 0 Å². The van der Waals surface area contributed by atoms with E-state index in [1.807, 2.05) is 49.4 Å². The van der Waals surface area contributed by atoms with Crippen LogP contribution in [0.25, 0.3) is 0 Å². The number of hydrogen-bond donors (Lipinski definition) is 0. The van der Waals surface area contributed by atoms with Crippen LogP contribution in [-0.4, -0.2) is 41.2 Å². The molecule has 5 nitrogen and oxygen atoms in total. The molecule has 0 aliphatic rings. The van der Waals surface area contributed by atoms with E-state index < -0.39 is 0 Å². The van der Waals surface area contributed by atoms with Crippen LogP contribution in [-0.2, 0) is 17.8 Å². The predicted octanol–water partition coefficient (Wildman–Crippen LogP) is 6.65. The van der Waals surface area contributed by atoms with E-state index in [-0.39, 0.29) is 18.4 Å². The van der Waals surface area contributed by atoms with E-state index in [1.54, 1.807) is 28.0 Å².